The summed E-state index contributed by atoms with van der Waals surface area (Å²) < 4.78 is 39.3. The van der Waals surface area contributed by atoms with Gasteiger partial charge in [-0.05, 0) is 6.92 Å². The van der Waals surface area contributed by atoms with E-state index >= 15 is 0 Å². The van der Waals surface area contributed by atoms with Crippen LogP contribution in [0.3, 0.4) is 0 Å². The number of hydrogen-bond donors (Lipinski definition) is 1. The summed E-state index contributed by atoms with van der Waals surface area (Å²) in [6.45, 7) is 1.09. The first kappa shape index (κ1) is 12.4. The molecular weight excluding hydrogens is 207 g/mol. The molecule has 0 atom stereocenters. The Kier molecular flexibility index (Phi) is 4.06. The number of alkyl halides is 3. The van der Waals surface area contributed by atoms with Crippen molar-refractivity contribution in [1.82, 2.24) is 0 Å². The molecule has 14 heavy (non-hydrogen) atoms. The number of nitrogens with zero attached hydrogens (tertiary/aromatic N) is 1. The van der Waals surface area contributed by atoms with E-state index in [9.17, 15) is 22.8 Å². The van der Waals surface area contributed by atoms with E-state index in [1.54, 1.807) is 0 Å². The van der Waals surface area contributed by atoms with Gasteiger partial charge in [0.25, 0.3) is 5.78 Å². The molecule has 0 aliphatic carbocycles. The molecule has 0 aliphatic rings. The molecule has 0 saturated heterocycles. The molecule has 0 unspecified atom stereocenters. The molecule has 0 aromatic carbocycles. The maximum absolute atomic E-state index is 11.7. The Bertz CT molecular complexity index is 271. The van der Waals surface area contributed by atoms with Crippen molar-refractivity contribution in [3.05, 3.63) is 0 Å². The van der Waals surface area contributed by atoms with Gasteiger partial charge in [0.1, 0.15) is 0 Å². The molecule has 0 bridgehead atoms. The highest BCUT2D eigenvalue weighted by atomic mass is 19.4. The van der Waals surface area contributed by atoms with Crippen LogP contribution in [0.15, 0.2) is 5.16 Å². The smallest absolute Gasteiger partial charge is 0.456 e. The van der Waals surface area contributed by atoms with E-state index in [1.165, 1.54) is 6.92 Å². The fourth-order valence-corrected chi connectivity index (χ4v) is 0.513. The van der Waals surface area contributed by atoms with E-state index in [-0.39, 0.29) is 6.61 Å². The molecule has 5 nitrogen and oxygen atoms in total. The molecule has 0 amide bonds. The topological polar surface area (TPSA) is 76.0 Å². The summed E-state index contributed by atoms with van der Waals surface area (Å²) in [7, 11) is 0. The molecule has 0 aliphatic heterocycles. The van der Waals surface area contributed by atoms with Gasteiger partial charge in [-0.25, -0.2) is 4.79 Å². The number of ether oxygens (including phenoxy) is 1. The molecule has 8 heteroatoms. The van der Waals surface area contributed by atoms with Gasteiger partial charge >= 0.3 is 12.1 Å². The Morgan fingerprint density at radius 1 is 1.43 bits per heavy atom. The number of hydrogen-bond acceptors (Lipinski definition) is 5. The van der Waals surface area contributed by atoms with Crippen LogP contribution in [-0.2, 0) is 14.3 Å². The summed E-state index contributed by atoms with van der Waals surface area (Å²) in [5.74, 6) is -4.16. The Hall–Kier alpha value is -1.60. The van der Waals surface area contributed by atoms with Crippen molar-refractivity contribution in [2.45, 2.75) is 13.1 Å². The maximum atomic E-state index is 11.7. The van der Waals surface area contributed by atoms with Crippen LogP contribution in [0.4, 0.5) is 13.2 Å². The monoisotopic (exact) mass is 213 g/mol. The Balaban J connectivity index is 4.77. The van der Waals surface area contributed by atoms with Crippen molar-refractivity contribution in [3.8, 4) is 0 Å². The normalized spacial score (nSPS) is 12.4. The molecule has 0 aromatic heterocycles. The lowest BCUT2D eigenvalue weighted by atomic mass is 10.2. The molecule has 0 aromatic rings. The van der Waals surface area contributed by atoms with Crippen LogP contribution >= 0.6 is 0 Å². The van der Waals surface area contributed by atoms with Crippen LogP contribution in [0.2, 0.25) is 0 Å². The number of rotatable bonds is 3. The van der Waals surface area contributed by atoms with Gasteiger partial charge in [-0.15, -0.1) is 0 Å². The molecule has 80 valence electrons. The second-order valence-electron chi connectivity index (χ2n) is 2.00. The summed E-state index contributed by atoms with van der Waals surface area (Å²) in [4.78, 5) is 21.0. The van der Waals surface area contributed by atoms with Gasteiger partial charge in [-0.2, -0.15) is 13.2 Å². The zero-order chi connectivity index (χ0) is 11.4. The van der Waals surface area contributed by atoms with Crippen molar-refractivity contribution in [2.75, 3.05) is 6.61 Å². The Morgan fingerprint density at radius 3 is 2.21 bits per heavy atom. The van der Waals surface area contributed by atoms with Crippen LogP contribution in [-0.4, -0.2) is 35.5 Å². The zero-order valence-corrected chi connectivity index (χ0v) is 6.96. The first-order valence-corrected chi connectivity index (χ1v) is 3.35. The molecular formula is C6H6F3NO4. The molecule has 1 N–H and O–H groups in total. The van der Waals surface area contributed by atoms with E-state index in [4.69, 9.17) is 5.21 Å². The van der Waals surface area contributed by atoms with Crippen LogP contribution in [0.1, 0.15) is 6.92 Å². The quantitative estimate of drug-likeness (QED) is 0.243. The van der Waals surface area contributed by atoms with E-state index in [2.05, 4.69) is 4.74 Å². The second kappa shape index (κ2) is 4.58. The second-order valence-corrected chi connectivity index (χ2v) is 2.00. The molecule has 0 saturated carbocycles. The van der Waals surface area contributed by atoms with Gasteiger partial charge < -0.3 is 9.94 Å². The number of Topliss-reactive ketones (excluding diaryl/α,β-unsaturated/α-hetero) is 1. The van der Waals surface area contributed by atoms with Gasteiger partial charge in [-0.1, -0.05) is 5.16 Å². The van der Waals surface area contributed by atoms with Gasteiger partial charge in [0.2, 0.25) is 5.71 Å². The molecule has 0 spiro atoms. The van der Waals surface area contributed by atoms with E-state index in [0.717, 1.165) is 0 Å². The summed E-state index contributed by atoms with van der Waals surface area (Å²) in [5.41, 5.74) is -1.68. The zero-order valence-electron chi connectivity index (χ0n) is 6.96. The van der Waals surface area contributed by atoms with Crippen molar-refractivity contribution in [3.63, 3.8) is 0 Å². The van der Waals surface area contributed by atoms with Gasteiger partial charge in [0.05, 0.1) is 6.61 Å². The SMILES string of the molecule is CCOC(=O)C(=NO)C(=O)C(F)(F)F. The third-order valence-electron chi connectivity index (χ3n) is 1.04. The van der Waals surface area contributed by atoms with Crippen molar-refractivity contribution in [1.29, 1.82) is 0 Å². The lowest BCUT2D eigenvalue weighted by Gasteiger charge is -2.05. The highest BCUT2D eigenvalue weighted by Gasteiger charge is 2.45. The minimum atomic E-state index is -5.27. The number of carbonyl (C=O) groups is 2. The van der Waals surface area contributed by atoms with Crippen LogP contribution in [0, 0.1) is 0 Å². The lowest BCUT2D eigenvalue weighted by molar-refractivity contribution is -0.164. The third-order valence-corrected chi connectivity index (χ3v) is 1.04. The highest BCUT2D eigenvalue weighted by Crippen LogP contribution is 2.17. The standard InChI is InChI=1S/C6H6F3NO4/c1-2-14-5(12)3(10-13)4(11)6(7,8)9/h13H,2H2,1H3. The average Bonchev–Trinajstić information content (AvgIpc) is 2.04. The van der Waals surface area contributed by atoms with Gasteiger partial charge in [0, 0.05) is 0 Å². The van der Waals surface area contributed by atoms with Crippen LogP contribution in [0.25, 0.3) is 0 Å². The number of halogens is 3. The van der Waals surface area contributed by atoms with E-state index in [1.807, 2.05) is 5.16 Å². The number of carbonyl (C=O) groups excluding carboxylic acids is 2. The van der Waals surface area contributed by atoms with Gasteiger partial charge in [0.15, 0.2) is 0 Å². The fourth-order valence-electron chi connectivity index (χ4n) is 0.513. The largest absolute Gasteiger partial charge is 0.461 e. The first-order chi connectivity index (χ1) is 6.34. The summed E-state index contributed by atoms with van der Waals surface area (Å²) in [5, 5.41) is 9.97. The molecule has 0 rings (SSSR count). The number of oxime groups is 1. The third kappa shape index (κ3) is 3.04. The fraction of sp³-hybridized carbons (Fsp3) is 0.500. The summed E-state index contributed by atoms with van der Waals surface area (Å²) in [6, 6.07) is 0. The minimum Gasteiger partial charge on any atom is -0.461 e. The summed E-state index contributed by atoms with van der Waals surface area (Å²) in [6.07, 6.45) is -5.27. The number of esters is 1. The first-order valence-electron chi connectivity index (χ1n) is 3.35. The number of ketones is 1. The van der Waals surface area contributed by atoms with Crippen molar-refractivity contribution < 1.29 is 32.7 Å². The van der Waals surface area contributed by atoms with Crippen LogP contribution < -0.4 is 0 Å². The Labute approximate surface area is 76.1 Å². The van der Waals surface area contributed by atoms with Crippen molar-refractivity contribution >= 4 is 17.5 Å². The molecule has 0 radical (unpaired) electrons. The van der Waals surface area contributed by atoms with E-state index < -0.39 is 23.6 Å². The Morgan fingerprint density at radius 2 is 1.93 bits per heavy atom. The van der Waals surface area contributed by atoms with Crippen molar-refractivity contribution in [2.24, 2.45) is 5.16 Å². The predicted molar refractivity (Wildman–Crippen MR) is 36.9 cm³/mol. The minimum absolute atomic E-state index is 0.233. The molecule has 0 fully saturated rings. The highest BCUT2D eigenvalue weighted by molar-refractivity contribution is 6.65. The summed E-state index contributed by atoms with van der Waals surface area (Å²) >= 11 is 0. The predicted octanol–water partition coefficient (Wildman–Crippen LogP) is 0.511. The van der Waals surface area contributed by atoms with Gasteiger partial charge in [-0.3, -0.25) is 4.79 Å². The molecule has 0 heterocycles. The average molecular weight is 213 g/mol. The van der Waals surface area contributed by atoms with Crippen LogP contribution in [0.5, 0.6) is 0 Å². The lowest BCUT2D eigenvalue weighted by Crippen LogP contribution is -2.36. The van der Waals surface area contributed by atoms with E-state index in [0.29, 0.717) is 0 Å². The maximum Gasteiger partial charge on any atom is 0.456 e.